The Kier molecular flexibility index (Phi) is 4.79. The first-order valence-electron chi connectivity index (χ1n) is 8.45. The maximum atomic E-state index is 12.6. The molecule has 0 aromatic carbocycles. The SMILES string of the molecule is CCn1nc(C)c(S(=O)(=O)NCCn2nc(C3CC3)ccc2=O)c1C. The highest BCUT2D eigenvalue weighted by molar-refractivity contribution is 7.89. The zero-order valence-electron chi connectivity index (χ0n) is 14.7. The number of hydrogen-bond acceptors (Lipinski definition) is 5. The zero-order valence-corrected chi connectivity index (χ0v) is 15.5. The van der Waals surface area contributed by atoms with E-state index in [0.29, 0.717) is 23.9 Å². The molecule has 1 aliphatic carbocycles. The molecule has 0 unspecified atom stereocenters. The van der Waals surface area contributed by atoms with Crippen molar-refractivity contribution < 1.29 is 8.42 Å². The second-order valence-electron chi connectivity index (χ2n) is 6.31. The number of nitrogens with zero attached hydrogens (tertiary/aromatic N) is 4. The molecule has 0 bridgehead atoms. The normalized spacial score (nSPS) is 14.8. The molecular formula is C16H23N5O3S. The van der Waals surface area contributed by atoms with Gasteiger partial charge in [0.25, 0.3) is 5.56 Å². The van der Waals surface area contributed by atoms with E-state index >= 15 is 0 Å². The van der Waals surface area contributed by atoms with Gasteiger partial charge in [0.05, 0.1) is 23.6 Å². The van der Waals surface area contributed by atoms with Crippen molar-refractivity contribution in [2.45, 2.75) is 57.5 Å². The largest absolute Gasteiger partial charge is 0.268 e. The van der Waals surface area contributed by atoms with E-state index < -0.39 is 10.0 Å². The second-order valence-corrected chi connectivity index (χ2v) is 8.01. The van der Waals surface area contributed by atoms with Crippen molar-refractivity contribution in [3.8, 4) is 0 Å². The van der Waals surface area contributed by atoms with Gasteiger partial charge in [-0.1, -0.05) is 0 Å². The standard InChI is InChI=1S/C16H23N5O3S/c1-4-20-12(3)16(11(2)18-20)25(23,24)17-9-10-21-15(22)8-7-14(19-21)13-5-6-13/h7-8,13,17H,4-6,9-10H2,1-3H3. The van der Waals surface area contributed by atoms with Crippen LogP contribution in [-0.2, 0) is 23.1 Å². The van der Waals surface area contributed by atoms with Crippen molar-refractivity contribution in [3.63, 3.8) is 0 Å². The first-order valence-corrected chi connectivity index (χ1v) is 9.93. The molecule has 0 spiro atoms. The number of rotatable bonds is 7. The van der Waals surface area contributed by atoms with Crippen molar-refractivity contribution in [3.05, 3.63) is 39.6 Å². The number of nitrogens with one attached hydrogen (secondary N) is 1. The Labute approximate surface area is 146 Å². The summed E-state index contributed by atoms with van der Waals surface area (Å²) in [5.41, 5.74) is 1.75. The summed E-state index contributed by atoms with van der Waals surface area (Å²) in [6.45, 7) is 6.23. The topological polar surface area (TPSA) is 98.9 Å². The van der Waals surface area contributed by atoms with Gasteiger partial charge >= 0.3 is 0 Å². The van der Waals surface area contributed by atoms with Gasteiger partial charge in [0, 0.05) is 25.1 Å². The third-order valence-corrected chi connectivity index (χ3v) is 6.09. The molecule has 0 atom stereocenters. The van der Waals surface area contributed by atoms with Crippen molar-refractivity contribution in [2.75, 3.05) is 6.54 Å². The van der Waals surface area contributed by atoms with E-state index in [1.807, 2.05) is 6.92 Å². The lowest BCUT2D eigenvalue weighted by Gasteiger charge is -2.09. The van der Waals surface area contributed by atoms with Crippen LogP contribution >= 0.6 is 0 Å². The molecule has 0 radical (unpaired) electrons. The minimum absolute atomic E-state index is 0.0968. The maximum Gasteiger partial charge on any atom is 0.266 e. The Morgan fingerprint density at radius 2 is 1.92 bits per heavy atom. The van der Waals surface area contributed by atoms with Crippen LogP contribution in [0.3, 0.4) is 0 Å². The Morgan fingerprint density at radius 1 is 1.20 bits per heavy atom. The van der Waals surface area contributed by atoms with Crippen LogP contribution in [0, 0.1) is 13.8 Å². The molecule has 1 N–H and O–H groups in total. The lowest BCUT2D eigenvalue weighted by Crippen LogP contribution is -2.32. The summed E-state index contributed by atoms with van der Waals surface area (Å²) in [5.74, 6) is 0.439. The molecule has 1 aliphatic rings. The number of aromatic nitrogens is 4. The highest BCUT2D eigenvalue weighted by Gasteiger charge is 2.26. The van der Waals surface area contributed by atoms with Gasteiger partial charge in [-0.25, -0.2) is 17.8 Å². The van der Waals surface area contributed by atoms with E-state index in [9.17, 15) is 13.2 Å². The summed E-state index contributed by atoms with van der Waals surface area (Å²) in [4.78, 5) is 12.1. The molecule has 136 valence electrons. The number of hydrogen-bond donors (Lipinski definition) is 1. The molecule has 25 heavy (non-hydrogen) atoms. The van der Waals surface area contributed by atoms with Gasteiger partial charge in [0.2, 0.25) is 10.0 Å². The highest BCUT2D eigenvalue weighted by Crippen LogP contribution is 2.38. The van der Waals surface area contributed by atoms with Gasteiger partial charge < -0.3 is 0 Å². The van der Waals surface area contributed by atoms with Gasteiger partial charge in [-0.2, -0.15) is 10.2 Å². The molecule has 2 heterocycles. The summed E-state index contributed by atoms with van der Waals surface area (Å²) in [6, 6.07) is 3.25. The molecule has 8 nitrogen and oxygen atoms in total. The van der Waals surface area contributed by atoms with Crippen LogP contribution in [0.2, 0.25) is 0 Å². The van der Waals surface area contributed by atoms with Crippen LogP contribution in [0.25, 0.3) is 0 Å². The Hall–Kier alpha value is -2.00. The molecule has 2 aromatic heterocycles. The maximum absolute atomic E-state index is 12.6. The summed E-state index contributed by atoms with van der Waals surface area (Å²) in [6.07, 6.45) is 2.19. The number of aryl methyl sites for hydroxylation is 2. The van der Waals surface area contributed by atoms with Gasteiger partial charge in [-0.15, -0.1) is 0 Å². The predicted octanol–water partition coefficient (Wildman–Crippen LogP) is 0.932. The van der Waals surface area contributed by atoms with Crippen molar-refractivity contribution in [2.24, 2.45) is 0 Å². The molecule has 2 aromatic rings. The highest BCUT2D eigenvalue weighted by atomic mass is 32.2. The Balaban J connectivity index is 1.72. The average molecular weight is 365 g/mol. The van der Waals surface area contributed by atoms with E-state index in [2.05, 4.69) is 14.9 Å². The molecule has 0 aliphatic heterocycles. The smallest absolute Gasteiger partial charge is 0.266 e. The van der Waals surface area contributed by atoms with E-state index in [1.54, 1.807) is 24.6 Å². The zero-order chi connectivity index (χ0) is 18.2. The monoisotopic (exact) mass is 365 g/mol. The van der Waals surface area contributed by atoms with Gasteiger partial charge in [-0.05, 0) is 39.7 Å². The van der Waals surface area contributed by atoms with Crippen LogP contribution in [0.15, 0.2) is 21.8 Å². The van der Waals surface area contributed by atoms with Crippen LogP contribution in [0.1, 0.15) is 42.8 Å². The molecule has 0 saturated heterocycles. The Bertz CT molecular complexity index is 941. The molecule has 9 heteroatoms. The van der Waals surface area contributed by atoms with Crippen molar-refractivity contribution in [1.29, 1.82) is 0 Å². The quantitative estimate of drug-likeness (QED) is 0.787. The van der Waals surface area contributed by atoms with Crippen LogP contribution < -0.4 is 10.3 Å². The fourth-order valence-electron chi connectivity index (χ4n) is 2.96. The van der Waals surface area contributed by atoms with Crippen LogP contribution in [0.5, 0.6) is 0 Å². The third kappa shape index (κ3) is 3.67. The minimum Gasteiger partial charge on any atom is -0.268 e. The average Bonchev–Trinajstić information content (AvgIpc) is 3.34. The van der Waals surface area contributed by atoms with E-state index in [0.717, 1.165) is 18.5 Å². The third-order valence-electron chi connectivity index (χ3n) is 4.38. The summed E-state index contributed by atoms with van der Waals surface area (Å²) in [5, 5.41) is 8.58. The van der Waals surface area contributed by atoms with Gasteiger partial charge in [-0.3, -0.25) is 9.48 Å². The van der Waals surface area contributed by atoms with Crippen molar-refractivity contribution in [1.82, 2.24) is 24.3 Å². The first kappa shape index (κ1) is 17.8. The summed E-state index contributed by atoms with van der Waals surface area (Å²) >= 11 is 0. The second kappa shape index (κ2) is 6.72. The predicted molar refractivity (Wildman–Crippen MR) is 93.0 cm³/mol. The fraction of sp³-hybridized carbons (Fsp3) is 0.562. The lowest BCUT2D eigenvalue weighted by atomic mass is 10.3. The summed E-state index contributed by atoms with van der Waals surface area (Å²) in [7, 11) is -3.68. The number of sulfonamides is 1. The van der Waals surface area contributed by atoms with E-state index in [4.69, 9.17) is 0 Å². The molecule has 3 rings (SSSR count). The Morgan fingerprint density at radius 3 is 2.52 bits per heavy atom. The van der Waals surface area contributed by atoms with Crippen LogP contribution in [-0.4, -0.2) is 34.5 Å². The summed E-state index contributed by atoms with van der Waals surface area (Å²) < 4.78 is 30.7. The van der Waals surface area contributed by atoms with Crippen molar-refractivity contribution >= 4 is 10.0 Å². The van der Waals surface area contributed by atoms with Crippen LogP contribution in [0.4, 0.5) is 0 Å². The fourth-order valence-corrected chi connectivity index (χ4v) is 4.39. The molecule has 1 saturated carbocycles. The van der Waals surface area contributed by atoms with Gasteiger partial charge in [0.1, 0.15) is 4.90 Å². The van der Waals surface area contributed by atoms with Gasteiger partial charge in [0.15, 0.2) is 0 Å². The molecular weight excluding hydrogens is 342 g/mol. The van der Waals surface area contributed by atoms with E-state index in [1.165, 1.54) is 10.7 Å². The first-order chi connectivity index (χ1) is 11.8. The lowest BCUT2D eigenvalue weighted by molar-refractivity contribution is 0.540. The molecule has 0 amide bonds. The minimum atomic E-state index is -3.68. The molecule has 1 fully saturated rings. The van der Waals surface area contributed by atoms with E-state index in [-0.39, 0.29) is 23.5 Å².